The van der Waals surface area contributed by atoms with Gasteiger partial charge in [0.1, 0.15) is 0 Å². The number of nitrogens with zero attached hydrogens (tertiary/aromatic N) is 2. The second-order valence-corrected chi connectivity index (χ2v) is 7.27. The molecule has 0 spiro atoms. The number of para-hydroxylation sites is 1. The molecule has 1 aliphatic carbocycles. The first-order chi connectivity index (χ1) is 12.6. The minimum absolute atomic E-state index is 0.0934. The molecular formula is C21H23N3O2. The summed E-state index contributed by atoms with van der Waals surface area (Å²) in [5.41, 5.74) is 3.03. The van der Waals surface area contributed by atoms with E-state index < -0.39 is 0 Å². The first-order valence-corrected chi connectivity index (χ1v) is 9.31. The number of benzene rings is 1. The van der Waals surface area contributed by atoms with Gasteiger partial charge < -0.3 is 10.2 Å². The summed E-state index contributed by atoms with van der Waals surface area (Å²) in [4.78, 5) is 31.5. The standard InChI is InChI=1S/C21H23N3O2/c1-14-10-15-6-2-5-9-19(15)24(14)21(26)17-11-16(12-22-13-17)20(25)23-18-7-3-4-8-18/h2,5-6,9,11-14,18H,3-4,7-8,10H2,1H3,(H,23,25). The summed E-state index contributed by atoms with van der Waals surface area (Å²) in [6.45, 7) is 2.04. The topological polar surface area (TPSA) is 62.3 Å². The van der Waals surface area contributed by atoms with Gasteiger partial charge in [-0.05, 0) is 43.9 Å². The quantitative estimate of drug-likeness (QED) is 0.924. The number of anilines is 1. The fourth-order valence-corrected chi connectivity index (χ4v) is 4.03. The Morgan fingerprint density at radius 3 is 2.65 bits per heavy atom. The third-order valence-electron chi connectivity index (χ3n) is 5.36. The number of hydrogen-bond donors (Lipinski definition) is 1. The van der Waals surface area contributed by atoms with Crippen molar-refractivity contribution in [1.82, 2.24) is 10.3 Å². The number of rotatable bonds is 3. The van der Waals surface area contributed by atoms with Gasteiger partial charge in [-0.15, -0.1) is 0 Å². The summed E-state index contributed by atoms with van der Waals surface area (Å²) < 4.78 is 0. The molecular weight excluding hydrogens is 326 g/mol. The lowest BCUT2D eigenvalue weighted by Gasteiger charge is -2.23. The average molecular weight is 349 g/mol. The van der Waals surface area contributed by atoms with Crippen LogP contribution in [0.15, 0.2) is 42.7 Å². The number of carbonyl (C=O) groups excluding carboxylic acids is 2. The lowest BCUT2D eigenvalue weighted by atomic mass is 10.1. The van der Waals surface area contributed by atoms with Gasteiger partial charge in [0, 0.05) is 30.2 Å². The SMILES string of the molecule is CC1Cc2ccccc2N1C(=O)c1cncc(C(=O)NC2CCCC2)c1. The molecule has 2 heterocycles. The minimum Gasteiger partial charge on any atom is -0.349 e. The summed E-state index contributed by atoms with van der Waals surface area (Å²) in [5, 5.41) is 3.05. The van der Waals surface area contributed by atoms with Gasteiger partial charge in [-0.1, -0.05) is 31.0 Å². The molecule has 26 heavy (non-hydrogen) atoms. The van der Waals surface area contributed by atoms with Crippen LogP contribution in [0, 0.1) is 0 Å². The van der Waals surface area contributed by atoms with Crippen molar-refractivity contribution in [3.63, 3.8) is 0 Å². The molecule has 4 rings (SSSR count). The summed E-state index contributed by atoms with van der Waals surface area (Å²) in [6, 6.07) is 9.97. The Labute approximate surface area is 153 Å². The van der Waals surface area contributed by atoms with Crippen LogP contribution in [0.1, 0.15) is 58.9 Å². The molecule has 5 nitrogen and oxygen atoms in total. The van der Waals surface area contributed by atoms with Crippen molar-refractivity contribution in [2.45, 2.75) is 51.1 Å². The zero-order chi connectivity index (χ0) is 18.1. The molecule has 1 unspecified atom stereocenters. The van der Waals surface area contributed by atoms with Gasteiger partial charge in [-0.3, -0.25) is 14.6 Å². The first kappa shape index (κ1) is 16.8. The number of nitrogens with one attached hydrogen (secondary N) is 1. The van der Waals surface area contributed by atoms with Crippen molar-refractivity contribution in [2.75, 3.05) is 4.90 Å². The van der Waals surface area contributed by atoms with Crippen molar-refractivity contribution in [1.29, 1.82) is 0 Å². The van der Waals surface area contributed by atoms with E-state index in [2.05, 4.69) is 16.4 Å². The van der Waals surface area contributed by atoms with E-state index in [9.17, 15) is 9.59 Å². The Bertz CT molecular complexity index is 843. The van der Waals surface area contributed by atoms with E-state index >= 15 is 0 Å². The number of aromatic nitrogens is 1. The van der Waals surface area contributed by atoms with Gasteiger partial charge in [0.25, 0.3) is 11.8 Å². The van der Waals surface area contributed by atoms with Crippen LogP contribution in [-0.2, 0) is 6.42 Å². The summed E-state index contributed by atoms with van der Waals surface area (Å²) in [5.74, 6) is -0.251. The van der Waals surface area contributed by atoms with E-state index in [4.69, 9.17) is 0 Å². The van der Waals surface area contributed by atoms with E-state index in [-0.39, 0.29) is 23.9 Å². The van der Waals surface area contributed by atoms with Crippen molar-refractivity contribution in [3.8, 4) is 0 Å². The van der Waals surface area contributed by atoms with Crippen LogP contribution in [0.3, 0.4) is 0 Å². The minimum atomic E-state index is -0.145. The van der Waals surface area contributed by atoms with Gasteiger partial charge in [0.15, 0.2) is 0 Å². The number of hydrogen-bond acceptors (Lipinski definition) is 3. The maximum absolute atomic E-state index is 13.1. The molecule has 134 valence electrons. The molecule has 1 fully saturated rings. The second kappa shape index (κ2) is 6.90. The molecule has 0 radical (unpaired) electrons. The monoisotopic (exact) mass is 349 g/mol. The normalized spacial score (nSPS) is 19.4. The average Bonchev–Trinajstić information content (AvgIpc) is 3.27. The molecule has 1 atom stereocenters. The predicted octanol–water partition coefficient (Wildman–Crippen LogP) is 3.35. The zero-order valence-electron chi connectivity index (χ0n) is 14.9. The van der Waals surface area contributed by atoms with Crippen LogP contribution in [-0.4, -0.2) is 28.9 Å². The largest absolute Gasteiger partial charge is 0.349 e. The highest BCUT2D eigenvalue weighted by Gasteiger charge is 2.31. The Kier molecular flexibility index (Phi) is 4.45. The van der Waals surface area contributed by atoms with Crippen molar-refractivity contribution < 1.29 is 9.59 Å². The van der Waals surface area contributed by atoms with Crippen LogP contribution in [0.25, 0.3) is 0 Å². The smallest absolute Gasteiger partial charge is 0.260 e. The molecule has 2 aromatic rings. The molecule has 1 saturated carbocycles. The fourth-order valence-electron chi connectivity index (χ4n) is 4.03. The van der Waals surface area contributed by atoms with Crippen LogP contribution in [0.2, 0.25) is 0 Å². The lowest BCUT2D eigenvalue weighted by Crippen LogP contribution is -2.36. The molecule has 0 bridgehead atoms. The van der Waals surface area contributed by atoms with Gasteiger partial charge in [0.05, 0.1) is 11.1 Å². The number of pyridine rings is 1. The van der Waals surface area contributed by atoms with Crippen LogP contribution >= 0.6 is 0 Å². The third-order valence-corrected chi connectivity index (χ3v) is 5.36. The molecule has 5 heteroatoms. The van der Waals surface area contributed by atoms with E-state index in [0.29, 0.717) is 11.1 Å². The van der Waals surface area contributed by atoms with Gasteiger partial charge in [-0.25, -0.2) is 0 Å². The molecule has 2 aliphatic rings. The van der Waals surface area contributed by atoms with Gasteiger partial charge in [-0.2, -0.15) is 0 Å². The summed E-state index contributed by atoms with van der Waals surface area (Å²) in [7, 11) is 0. The number of fused-ring (bicyclic) bond motifs is 1. The predicted molar refractivity (Wildman–Crippen MR) is 100 cm³/mol. The Balaban J connectivity index is 1.56. The number of carbonyl (C=O) groups is 2. The summed E-state index contributed by atoms with van der Waals surface area (Å²) >= 11 is 0. The zero-order valence-corrected chi connectivity index (χ0v) is 14.9. The Morgan fingerprint density at radius 1 is 1.12 bits per heavy atom. The van der Waals surface area contributed by atoms with Crippen LogP contribution in [0.5, 0.6) is 0 Å². The van der Waals surface area contributed by atoms with E-state index in [1.54, 1.807) is 12.3 Å². The second-order valence-electron chi connectivity index (χ2n) is 7.27. The molecule has 1 aliphatic heterocycles. The molecule has 1 aromatic heterocycles. The molecule has 1 aromatic carbocycles. The van der Waals surface area contributed by atoms with Crippen LogP contribution < -0.4 is 10.2 Å². The molecule has 1 N–H and O–H groups in total. The van der Waals surface area contributed by atoms with E-state index in [0.717, 1.165) is 37.8 Å². The lowest BCUT2D eigenvalue weighted by molar-refractivity contribution is 0.0937. The van der Waals surface area contributed by atoms with Crippen molar-refractivity contribution in [3.05, 3.63) is 59.4 Å². The third kappa shape index (κ3) is 3.09. The van der Waals surface area contributed by atoms with E-state index in [1.807, 2.05) is 30.0 Å². The maximum atomic E-state index is 13.1. The Morgan fingerprint density at radius 2 is 1.85 bits per heavy atom. The van der Waals surface area contributed by atoms with Gasteiger partial charge >= 0.3 is 0 Å². The summed E-state index contributed by atoms with van der Waals surface area (Å²) in [6.07, 6.45) is 8.30. The Hall–Kier alpha value is -2.69. The molecule has 0 saturated heterocycles. The van der Waals surface area contributed by atoms with Gasteiger partial charge in [0.2, 0.25) is 0 Å². The van der Waals surface area contributed by atoms with E-state index in [1.165, 1.54) is 11.8 Å². The fraction of sp³-hybridized carbons (Fsp3) is 0.381. The first-order valence-electron chi connectivity index (χ1n) is 9.31. The highest BCUT2D eigenvalue weighted by molar-refractivity contribution is 6.08. The number of amides is 2. The van der Waals surface area contributed by atoms with Crippen molar-refractivity contribution in [2.24, 2.45) is 0 Å². The molecule has 2 amide bonds. The highest BCUT2D eigenvalue weighted by Crippen LogP contribution is 2.33. The van der Waals surface area contributed by atoms with Crippen LogP contribution in [0.4, 0.5) is 5.69 Å². The highest BCUT2D eigenvalue weighted by atomic mass is 16.2. The van der Waals surface area contributed by atoms with Crippen molar-refractivity contribution >= 4 is 17.5 Å². The maximum Gasteiger partial charge on any atom is 0.260 e.